The Kier molecular flexibility index (Phi) is 3.42. The van der Waals surface area contributed by atoms with Gasteiger partial charge in [-0.05, 0) is 50.1 Å². The molecule has 1 aromatic carbocycles. The minimum absolute atomic E-state index is 0.769. The quantitative estimate of drug-likeness (QED) is 0.803. The summed E-state index contributed by atoms with van der Waals surface area (Å²) in [5, 5.41) is 0. The standard InChI is InChI=1S/C14H21N/c1-11-4-2-5-12(8-11)9-13-6-3-7-14(13)10-15/h2,4-5,8,13-14H,3,6-7,9-10,15H2,1H3. The van der Waals surface area contributed by atoms with E-state index >= 15 is 0 Å². The largest absolute Gasteiger partial charge is 0.330 e. The summed E-state index contributed by atoms with van der Waals surface area (Å²) < 4.78 is 0. The summed E-state index contributed by atoms with van der Waals surface area (Å²) in [7, 11) is 0. The summed E-state index contributed by atoms with van der Waals surface area (Å²) in [5.41, 5.74) is 8.66. The molecule has 1 fully saturated rings. The summed E-state index contributed by atoms with van der Waals surface area (Å²) in [4.78, 5) is 0. The highest BCUT2D eigenvalue weighted by Crippen LogP contribution is 2.33. The Hall–Kier alpha value is -0.820. The van der Waals surface area contributed by atoms with Crippen LogP contribution >= 0.6 is 0 Å². The first-order valence-corrected chi connectivity index (χ1v) is 6.05. The van der Waals surface area contributed by atoms with E-state index in [1.54, 1.807) is 0 Å². The Morgan fingerprint density at radius 2 is 2.07 bits per heavy atom. The molecule has 2 rings (SSSR count). The number of aryl methyl sites for hydroxylation is 1. The highest BCUT2D eigenvalue weighted by atomic mass is 14.6. The van der Waals surface area contributed by atoms with Gasteiger partial charge in [-0.2, -0.15) is 0 Å². The van der Waals surface area contributed by atoms with Gasteiger partial charge in [0.15, 0.2) is 0 Å². The lowest BCUT2D eigenvalue weighted by Crippen LogP contribution is -2.20. The zero-order chi connectivity index (χ0) is 10.7. The highest BCUT2D eigenvalue weighted by molar-refractivity contribution is 5.22. The van der Waals surface area contributed by atoms with Crippen LogP contribution in [-0.4, -0.2) is 6.54 Å². The van der Waals surface area contributed by atoms with Crippen LogP contribution in [0.4, 0.5) is 0 Å². The molecule has 0 amide bonds. The molecule has 1 saturated carbocycles. The Balaban J connectivity index is 2.02. The maximum atomic E-state index is 5.81. The van der Waals surface area contributed by atoms with Crippen LogP contribution in [0.25, 0.3) is 0 Å². The van der Waals surface area contributed by atoms with E-state index in [0.717, 1.165) is 18.4 Å². The average molecular weight is 203 g/mol. The first-order valence-electron chi connectivity index (χ1n) is 6.05. The summed E-state index contributed by atoms with van der Waals surface area (Å²) >= 11 is 0. The van der Waals surface area contributed by atoms with Crippen LogP contribution < -0.4 is 5.73 Å². The van der Waals surface area contributed by atoms with Gasteiger partial charge in [0, 0.05) is 0 Å². The molecule has 1 aliphatic rings. The first-order chi connectivity index (χ1) is 7.29. The molecule has 2 unspecified atom stereocenters. The molecule has 0 aromatic heterocycles. The van der Waals surface area contributed by atoms with Gasteiger partial charge in [0.1, 0.15) is 0 Å². The molecule has 1 aliphatic carbocycles. The van der Waals surface area contributed by atoms with Crippen LogP contribution in [-0.2, 0) is 6.42 Å². The van der Waals surface area contributed by atoms with Gasteiger partial charge in [-0.15, -0.1) is 0 Å². The fraction of sp³-hybridized carbons (Fsp3) is 0.571. The molecule has 1 heteroatoms. The maximum absolute atomic E-state index is 5.81. The lowest BCUT2D eigenvalue weighted by Gasteiger charge is -2.17. The topological polar surface area (TPSA) is 26.0 Å². The minimum Gasteiger partial charge on any atom is -0.330 e. The molecular formula is C14H21N. The fourth-order valence-corrected chi connectivity index (χ4v) is 2.83. The summed E-state index contributed by atoms with van der Waals surface area (Å²) in [5.74, 6) is 1.60. The normalized spacial score (nSPS) is 25.7. The van der Waals surface area contributed by atoms with Crippen LogP contribution in [0.1, 0.15) is 30.4 Å². The van der Waals surface area contributed by atoms with E-state index in [1.807, 2.05) is 0 Å². The van der Waals surface area contributed by atoms with Gasteiger partial charge in [0.2, 0.25) is 0 Å². The van der Waals surface area contributed by atoms with Gasteiger partial charge < -0.3 is 5.73 Å². The van der Waals surface area contributed by atoms with Gasteiger partial charge in [-0.1, -0.05) is 36.2 Å². The van der Waals surface area contributed by atoms with Crippen molar-refractivity contribution < 1.29 is 0 Å². The Morgan fingerprint density at radius 3 is 2.80 bits per heavy atom. The van der Waals surface area contributed by atoms with Crippen LogP contribution in [0.3, 0.4) is 0 Å². The second-order valence-corrected chi connectivity index (χ2v) is 4.88. The zero-order valence-corrected chi connectivity index (χ0v) is 9.58. The van der Waals surface area contributed by atoms with E-state index in [9.17, 15) is 0 Å². The fourth-order valence-electron chi connectivity index (χ4n) is 2.83. The Morgan fingerprint density at radius 1 is 1.27 bits per heavy atom. The third-order valence-corrected chi connectivity index (χ3v) is 3.70. The van der Waals surface area contributed by atoms with Crippen molar-refractivity contribution in [2.45, 2.75) is 32.6 Å². The monoisotopic (exact) mass is 203 g/mol. The number of rotatable bonds is 3. The number of hydrogen-bond acceptors (Lipinski definition) is 1. The van der Waals surface area contributed by atoms with E-state index in [2.05, 4.69) is 31.2 Å². The second-order valence-electron chi connectivity index (χ2n) is 4.88. The number of nitrogens with two attached hydrogens (primary N) is 1. The summed E-state index contributed by atoms with van der Waals surface area (Å²) in [6.45, 7) is 3.04. The average Bonchev–Trinajstić information content (AvgIpc) is 2.65. The first kappa shape index (κ1) is 10.7. The molecule has 15 heavy (non-hydrogen) atoms. The molecule has 0 spiro atoms. The summed E-state index contributed by atoms with van der Waals surface area (Å²) in [6, 6.07) is 8.89. The molecule has 82 valence electrons. The van der Waals surface area contributed by atoms with Crippen molar-refractivity contribution >= 4 is 0 Å². The molecule has 0 radical (unpaired) electrons. The molecule has 1 nitrogen and oxygen atoms in total. The van der Waals surface area contributed by atoms with Crippen molar-refractivity contribution in [3.05, 3.63) is 35.4 Å². The Labute approximate surface area is 92.7 Å². The van der Waals surface area contributed by atoms with Crippen molar-refractivity contribution in [2.75, 3.05) is 6.54 Å². The molecule has 0 bridgehead atoms. The van der Waals surface area contributed by atoms with Gasteiger partial charge in [0.05, 0.1) is 0 Å². The lowest BCUT2D eigenvalue weighted by molar-refractivity contribution is 0.394. The van der Waals surface area contributed by atoms with Crippen LogP contribution in [0.15, 0.2) is 24.3 Å². The van der Waals surface area contributed by atoms with Crippen molar-refractivity contribution in [3.8, 4) is 0 Å². The van der Waals surface area contributed by atoms with Crippen LogP contribution in [0.5, 0.6) is 0 Å². The van der Waals surface area contributed by atoms with Crippen molar-refractivity contribution in [1.29, 1.82) is 0 Å². The summed E-state index contributed by atoms with van der Waals surface area (Å²) in [6.07, 6.45) is 5.31. The van der Waals surface area contributed by atoms with Crippen molar-refractivity contribution in [1.82, 2.24) is 0 Å². The lowest BCUT2D eigenvalue weighted by atomic mass is 9.89. The maximum Gasteiger partial charge on any atom is -0.00461 e. The Bertz CT molecular complexity index is 319. The molecule has 2 N–H and O–H groups in total. The van der Waals surface area contributed by atoms with Crippen molar-refractivity contribution in [2.24, 2.45) is 17.6 Å². The zero-order valence-electron chi connectivity index (χ0n) is 9.58. The highest BCUT2D eigenvalue weighted by Gasteiger charge is 2.25. The van der Waals surface area contributed by atoms with Crippen LogP contribution in [0, 0.1) is 18.8 Å². The van der Waals surface area contributed by atoms with Crippen LogP contribution in [0.2, 0.25) is 0 Å². The van der Waals surface area contributed by atoms with E-state index in [1.165, 1.54) is 36.8 Å². The van der Waals surface area contributed by atoms with E-state index in [0.29, 0.717) is 0 Å². The smallest absolute Gasteiger partial charge is 0.00461 e. The van der Waals surface area contributed by atoms with Crippen molar-refractivity contribution in [3.63, 3.8) is 0 Å². The van der Waals surface area contributed by atoms with Gasteiger partial charge in [0.25, 0.3) is 0 Å². The predicted molar refractivity (Wildman–Crippen MR) is 64.8 cm³/mol. The molecule has 0 heterocycles. The minimum atomic E-state index is 0.769. The molecule has 1 aromatic rings. The molecular weight excluding hydrogens is 182 g/mol. The SMILES string of the molecule is Cc1cccc(CC2CCCC2CN)c1. The van der Waals surface area contributed by atoms with Gasteiger partial charge in [-0.25, -0.2) is 0 Å². The van der Waals surface area contributed by atoms with E-state index in [4.69, 9.17) is 5.73 Å². The van der Waals surface area contributed by atoms with E-state index < -0.39 is 0 Å². The second kappa shape index (κ2) is 4.80. The van der Waals surface area contributed by atoms with E-state index in [-0.39, 0.29) is 0 Å². The molecule has 0 saturated heterocycles. The third-order valence-electron chi connectivity index (χ3n) is 3.70. The molecule has 2 atom stereocenters. The van der Waals surface area contributed by atoms with Gasteiger partial charge in [-0.3, -0.25) is 0 Å². The number of benzene rings is 1. The number of hydrogen-bond donors (Lipinski definition) is 1. The van der Waals surface area contributed by atoms with Gasteiger partial charge >= 0.3 is 0 Å². The molecule has 0 aliphatic heterocycles. The third kappa shape index (κ3) is 2.60. The predicted octanol–water partition coefficient (Wildman–Crippen LogP) is 2.91.